The van der Waals surface area contributed by atoms with Crippen molar-refractivity contribution in [3.63, 3.8) is 0 Å². The zero-order valence-electron chi connectivity index (χ0n) is 25.4. The van der Waals surface area contributed by atoms with Crippen molar-refractivity contribution < 1.29 is 9.59 Å². The summed E-state index contributed by atoms with van der Waals surface area (Å²) in [5, 5.41) is 7.25. The van der Waals surface area contributed by atoms with Gasteiger partial charge in [0.25, 0.3) is 11.8 Å². The standard InChI is InChI=1S/C34H40N8O2/c1-39-13-15-41(16-14-39)11-9-24-5-3-6-25(17-24)26-7-4-8-27(18-26)34(44)42-12-10-30(23-42)38-33(43)31-19-28(20-36-32(31)35)29-21-37-40(2)22-29/h3-8,17-22,30H,9-16,23H2,1-2H3,(H2,35,36)(H,38,43)/t30-/m1/s1. The summed E-state index contributed by atoms with van der Waals surface area (Å²) in [4.78, 5) is 37.6. The van der Waals surface area contributed by atoms with Gasteiger partial charge in [-0.1, -0.05) is 36.4 Å². The van der Waals surface area contributed by atoms with Gasteiger partial charge in [-0.05, 0) is 54.8 Å². The third-order valence-electron chi connectivity index (χ3n) is 8.69. The summed E-state index contributed by atoms with van der Waals surface area (Å²) in [6.45, 7) is 6.54. The Morgan fingerprint density at radius 1 is 0.909 bits per heavy atom. The molecule has 228 valence electrons. The van der Waals surface area contributed by atoms with Gasteiger partial charge < -0.3 is 25.8 Å². The van der Waals surface area contributed by atoms with Crippen molar-refractivity contribution in [3.8, 4) is 22.3 Å². The minimum absolute atomic E-state index is 0.0328. The van der Waals surface area contributed by atoms with E-state index in [1.54, 1.807) is 23.1 Å². The number of carbonyl (C=O) groups is 2. The first-order valence-electron chi connectivity index (χ1n) is 15.3. The number of hydrogen-bond donors (Lipinski definition) is 2. The van der Waals surface area contributed by atoms with Gasteiger partial charge in [-0.2, -0.15) is 5.10 Å². The summed E-state index contributed by atoms with van der Waals surface area (Å²) in [6.07, 6.45) is 6.89. The lowest BCUT2D eigenvalue weighted by molar-refractivity contribution is 0.0783. The lowest BCUT2D eigenvalue weighted by Crippen LogP contribution is -2.45. The van der Waals surface area contributed by atoms with Crippen molar-refractivity contribution in [2.45, 2.75) is 18.9 Å². The number of aryl methyl sites for hydroxylation is 1. The number of nitrogens with two attached hydrogens (primary N) is 1. The van der Waals surface area contributed by atoms with Gasteiger partial charge >= 0.3 is 0 Å². The Kier molecular flexibility index (Phi) is 8.72. The predicted octanol–water partition coefficient (Wildman–Crippen LogP) is 3.17. The average molecular weight is 593 g/mol. The molecule has 2 aliphatic rings. The predicted molar refractivity (Wildman–Crippen MR) is 172 cm³/mol. The zero-order chi connectivity index (χ0) is 30.6. The summed E-state index contributed by atoms with van der Waals surface area (Å²) in [5.74, 6) is -0.162. The van der Waals surface area contributed by atoms with Crippen molar-refractivity contribution >= 4 is 17.6 Å². The van der Waals surface area contributed by atoms with Crippen LogP contribution in [-0.4, -0.2) is 100 Å². The maximum atomic E-state index is 13.5. The monoisotopic (exact) mass is 592 g/mol. The van der Waals surface area contributed by atoms with Crippen LogP contribution in [0.1, 0.15) is 32.7 Å². The molecule has 3 N–H and O–H groups in total. The van der Waals surface area contributed by atoms with Crippen molar-refractivity contribution in [3.05, 3.63) is 89.9 Å². The number of likely N-dealkylation sites (N-methyl/N-ethyl adjacent to an activating group) is 1. The zero-order valence-corrected chi connectivity index (χ0v) is 25.4. The quantitative estimate of drug-likeness (QED) is 0.323. The maximum Gasteiger partial charge on any atom is 0.255 e. The van der Waals surface area contributed by atoms with Gasteiger partial charge in [0.1, 0.15) is 5.82 Å². The van der Waals surface area contributed by atoms with Gasteiger partial charge in [0.05, 0.1) is 11.8 Å². The first-order valence-corrected chi connectivity index (χ1v) is 15.3. The third kappa shape index (κ3) is 6.82. The van der Waals surface area contributed by atoms with Crippen molar-refractivity contribution in [2.75, 3.05) is 58.6 Å². The van der Waals surface area contributed by atoms with Crippen molar-refractivity contribution in [2.24, 2.45) is 7.05 Å². The number of likely N-dealkylation sites (tertiary alicyclic amines) is 1. The Bertz CT molecular complexity index is 1640. The fourth-order valence-electron chi connectivity index (χ4n) is 5.99. The first-order chi connectivity index (χ1) is 21.3. The molecule has 2 aromatic carbocycles. The summed E-state index contributed by atoms with van der Waals surface area (Å²) < 4.78 is 1.69. The topological polar surface area (TPSA) is 113 Å². The molecule has 2 fully saturated rings. The molecule has 4 aromatic rings. The van der Waals surface area contributed by atoms with E-state index in [2.05, 4.69) is 62.6 Å². The number of piperazine rings is 1. The van der Waals surface area contributed by atoms with Crippen LogP contribution in [0.4, 0.5) is 5.82 Å². The number of rotatable bonds is 8. The Balaban J connectivity index is 1.07. The van der Waals surface area contributed by atoms with Crippen molar-refractivity contribution in [1.29, 1.82) is 0 Å². The summed E-state index contributed by atoms with van der Waals surface area (Å²) >= 11 is 0. The summed E-state index contributed by atoms with van der Waals surface area (Å²) in [6, 6.07) is 18.0. The lowest BCUT2D eigenvalue weighted by Gasteiger charge is -2.32. The van der Waals surface area contributed by atoms with Gasteiger partial charge in [-0.25, -0.2) is 4.98 Å². The van der Waals surface area contributed by atoms with Crippen LogP contribution < -0.4 is 11.1 Å². The third-order valence-corrected chi connectivity index (χ3v) is 8.69. The maximum absolute atomic E-state index is 13.5. The molecular formula is C34H40N8O2. The molecule has 1 atom stereocenters. The van der Waals surface area contributed by atoms with E-state index in [0.29, 0.717) is 30.6 Å². The van der Waals surface area contributed by atoms with Crippen LogP contribution in [-0.2, 0) is 13.5 Å². The van der Waals surface area contributed by atoms with E-state index in [1.807, 2.05) is 36.3 Å². The molecule has 2 aromatic heterocycles. The molecule has 0 bridgehead atoms. The number of carbonyl (C=O) groups excluding carboxylic acids is 2. The van der Waals surface area contributed by atoms with Crippen LogP contribution in [0.25, 0.3) is 22.3 Å². The Morgan fingerprint density at radius 3 is 2.45 bits per heavy atom. The van der Waals surface area contributed by atoms with Gasteiger partial charge in [0.2, 0.25) is 0 Å². The van der Waals surface area contributed by atoms with Crippen LogP contribution in [0, 0.1) is 0 Å². The molecule has 10 nitrogen and oxygen atoms in total. The molecule has 4 heterocycles. The second kappa shape index (κ2) is 13.0. The Hall–Kier alpha value is -4.54. The minimum atomic E-state index is -0.297. The highest BCUT2D eigenvalue weighted by Gasteiger charge is 2.29. The Labute approximate surface area is 258 Å². The number of nitrogens with zero attached hydrogens (tertiary/aromatic N) is 6. The molecule has 0 radical (unpaired) electrons. The summed E-state index contributed by atoms with van der Waals surface area (Å²) in [5.41, 5.74) is 12.1. The fourth-order valence-corrected chi connectivity index (χ4v) is 5.99. The molecule has 2 saturated heterocycles. The molecule has 6 rings (SSSR count). The number of amides is 2. The van der Waals surface area contributed by atoms with E-state index in [0.717, 1.165) is 61.4 Å². The molecule has 0 saturated carbocycles. The second-order valence-electron chi connectivity index (χ2n) is 11.9. The number of benzene rings is 2. The highest BCUT2D eigenvalue weighted by atomic mass is 16.2. The van der Waals surface area contributed by atoms with E-state index in [-0.39, 0.29) is 23.7 Å². The highest BCUT2D eigenvalue weighted by molar-refractivity contribution is 6.00. The van der Waals surface area contributed by atoms with Crippen LogP contribution >= 0.6 is 0 Å². The smallest absolute Gasteiger partial charge is 0.255 e. The fraction of sp³-hybridized carbons (Fsp3) is 0.353. The van der Waals surface area contributed by atoms with Crippen molar-refractivity contribution in [1.82, 2.24) is 34.8 Å². The molecule has 10 heteroatoms. The van der Waals surface area contributed by atoms with Gasteiger partial charge in [0, 0.05) is 88.0 Å². The van der Waals surface area contributed by atoms with E-state index in [1.165, 1.54) is 5.56 Å². The van der Waals surface area contributed by atoms with Crippen LogP contribution in [0.15, 0.2) is 73.2 Å². The highest BCUT2D eigenvalue weighted by Crippen LogP contribution is 2.25. The van der Waals surface area contributed by atoms with E-state index >= 15 is 0 Å². The van der Waals surface area contributed by atoms with E-state index < -0.39 is 0 Å². The van der Waals surface area contributed by atoms with Crippen LogP contribution in [0.2, 0.25) is 0 Å². The largest absolute Gasteiger partial charge is 0.383 e. The molecule has 44 heavy (non-hydrogen) atoms. The summed E-state index contributed by atoms with van der Waals surface area (Å²) in [7, 11) is 4.01. The van der Waals surface area contributed by atoms with Crippen LogP contribution in [0.3, 0.4) is 0 Å². The Morgan fingerprint density at radius 2 is 1.68 bits per heavy atom. The molecule has 0 spiro atoms. The van der Waals surface area contributed by atoms with E-state index in [9.17, 15) is 9.59 Å². The van der Waals surface area contributed by atoms with Gasteiger partial charge in [-0.15, -0.1) is 0 Å². The molecule has 0 unspecified atom stereocenters. The lowest BCUT2D eigenvalue weighted by atomic mass is 9.99. The molecule has 2 aliphatic heterocycles. The molecule has 0 aliphatic carbocycles. The SMILES string of the molecule is CN1CCN(CCc2cccc(-c3cccc(C(=O)N4CC[C@@H](NC(=O)c5cc(-c6cnn(C)c6)cnc5N)C4)c3)c2)CC1. The number of aromatic nitrogens is 3. The second-order valence-corrected chi connectivity index (χ2v) is 11.9. The van der Waals surface area contributed by atoms with E-state index in [4.69, 9.17) is 5.73 Å². The normalized spacial score (nSPS) is 17.6. The van der Waals surface area contributed by atoms with Crippen LogP contribution in [0.5, 0.6) is 0 Å². The number of nitrogens with one attached hydrogen (secondary N) is 1. The number of hydrogen-bond acceptors (Lipinski definition) is 7. The van der Waals surface area contributed by atoms with Gasteiger partial charge in [0.15, 0.2) is 0 Å². The molecule has 2 amide bonds. The molecular weight excluding hydrogens is 552 g/mol. The number of pyridine rings is 1. The first kappa shape index (κ1) is 29.5. The minimum Gasteiger partial charge on any atom is -0.383 e. The average Bonchev–Trinajstić information content (AvgIpc) is 3.70. The number of anilines is 1. The van der Waals surface area contributed by atoms with Gasteiger partial charge in [-0.3, -0.25) is 14.3 Å². The number of nitrogen functional groups attached to an aromatic ring is 1.